The van der Waals surface area contributed by atoms with Crippen molar-refractivity contribution in [2.45, 2.75) is 19.3 Å². The van der Waals surface area contributed by atoms with Crippen LogP contribution in [0.3, 0.4) is 0 Å². The fourth-order valence-electron chi connectivity index (χ4n) is 4.08. The van der Waals surface area contributed by atoms with Crippen LogP contribution in [-0.2, 0) is 16.0 Å². The lowest BCUT2D eigenvalue weighted by Crippen LogP contribution is -2.28. The second-order valence-electron chi connectivity index (χ2n) is 7.97. The number of aliphatic carboxylic acids is 1. The molecule has 35 heavy (non-hydrogen) atoms. The van der Waals surface area contributed by atoms with Crippen molar-refractivity contribution in [3.63, 3.8) is 0 Å². The normalized spacial score (nSPS) is 12.3. The number of rotatable bonds is 9. The maximum atomic E-state index is 12.3. The third kappa shape index (κ3) is 5.75. The molecule has 0 bridgehead atoms. The molecule has 0 radical (unpaired) electrons. The molecule has 0 fully saturated rings. The van der Waals surface area contributed by atoms with Crippen LogP contribution in [0.25, 0.3) is 11.1 Å². The predicted octanol–water partition coefficient (Wildman–Crippen LogP) is 3.90. The molecule has 9 heteroatoms. The van der Waals surface area contributed by atoms with E-state index in [1.165, 1.54) is 28.5 Å². The molecule has 1 aromatic heterocycles. The van der Waals surface area contributed by atoms with E-state index in [0.29, 0.717) is 23.7 Å². The Bertz CT molecular complexity index is 1240. The molecule has 3 N–H and O–H groups in total. The minimum atomic E-state index is -1.07. The Balaban J connectivity index is 1.26. The largest absolute Gasteiger partial charge is 0.478 e. The van der Waals surface area contributed by atoms with E-state index < -0.39 is 12.1 Å². The molecule has 1 heterocycles. The zero-order chi connectivity index (χ0) is 24.8. The molecule has 0 saturated heterocycles. The number of hydrogen-bond acceptors (Lipinski definition) is 6. The van der Waals surface area contributed by atoms with Crippen molar-refractivity contribution in [2.24, 2.45) is 0 Å². The number of ether oxygens (including phenoxy) is 1. The molecular weight excluding hydrogens is 466 g/mol. The number of carboxylic acids is 1. The monoisotopic (exact) mass is 491 g/mol. The van der Waals surface area contributed by atoms with Crippen molar-refractivity contribution < 1.29 is 24.2 Å². The van der Waals surface area contributed by atoms with Gasteiger partial charge in [0.2, 0.25) is 0 Å². The first-order valence-electron chi connectivity index (χ1n) is 11.2. The van der Waals surface area contributed by atoms with Gasteiger partial charge in [0, 0.05) is 36.4 Å². The van der Waals surface area contributed by atoms with Crippen LogP contribution in [-0.4, -0.2) is 47.8 Å². The minimum absolute atomic E-state index is 0.00109. The number of carbonyl (C=O) groups excluding carboxylic acids is 2. The van der Waals surface area contributed by atoms with Crippen molar-refractivity contribution >= 4 is 29.3 Å². The first-order chi connectivity index (χ1) is 16.9. The molecule has 0 spiro atoms. The summed E-state index contributed by atoms with van der Waals surface area (Å²) < 4.78 is 5.54. The van der Waals surface area contributed by atoms with Crippen LogP contribution >= 0.6 is 11.3 Å². The first-order valence-corrected chi connectivity index (χ1v) is 12.0. The third-order valence-corrected chi connectivity index (χ3v) is 6.68. The molecule has 1 aliphatic carbocycles. The molecule has 0 aliphatic heterocycles. The van der Waals surface area contributed by atoms with Crippen molar-refractivity contribution in [1.29, 1.82) is 0 Å². The minimum Gasteiger partial charge on any atom is -0.478 e. The average Bonchev–Trinajstić information content (AvgIpc) is 3.38. The summed E-state index contributed by atoms with van der Waals surface area (Å²) in [6.45, 7) is 2.46. The molecule has 0 unspecified atom stereocenters. The lowest BCUT2D eigenvalue weighted by molar-refractivity contribution is -0.131. The maximum Gasteiger partial charge on any atom is 0.407 e. The SMILES string of the molecule is Cc1sc(CCNC(=O)OCC2c3ccccc3-c3ccccc32)nc1C(=O)NC/C=C/C(=O)O. The molecule has 0 atom stereocenters. The highest BCUT2D eigenvalue weighted by atomic mass is 32.1. The Morgan fingerprint density at radius 1 is 1.06 bits per heavy atom. The fraction of sp³-hybridized carbons (Fsp3) is 0.231. The van der Waals surface area contributed by atoms with E-state index in [4.69, 9.17) is 9.84 Å². The van der Waals surface area contributed by atoms with E-state index in [1.54, 1.807) is 6.92 Å². The van der Waals surface area contributed by atoms with Crippen LogP contribution in [0.4, 0.5) is 4.79 Å². The number of fused-ring (bicyclic) bond motifs is 3. The van der Waals surface area contributed by atoms with E-state index in [2.05, 4.69) is 39.9 Å². The number of alkyl carbamates (subject to hydrolysis) is 1. The highest BCUT2D eigenvalue weighted by molar-refractivity contribution is 7.11. The van der Waals surface area contributed by atoms with Gasteiger partial charge in [-0.05, 0) is 29.2 Å². The summed E-state index contributed by atoms with van der Waals surface area (Å²) in [5.41, 5.74) is 4.96. The molecule has 0 saturated carbocycles. The topological polar surface area (TPSA) is 118 Å². The summed E-state index contributed by atoms with van der Waals surface area (Å²) in [6, 6.07) is 16.3. The van der Waals surface area contributed by atoms with Crippen LogP contribution in [0.15, 0.2) is 60.7 Å². The van der Waals surface area contributed by atoms with Gasteiger partial charge in [-0.25, -0.2) is 14.6 Å². The number of amides is 2. The average molecular weight is 492 g/mol. The molecule has 3 aromatic rings. The van der Waals surface area contributed by atoms with E-state index >= 15 is 0 Å². The molecular formula is C26H25N3O5S. The van der Waals surface area contributed by atoms with Crippen LogP contribution in [0, 0.1) is 6.92 Å². The Morgan fingerprint density at radius 2 is 1.71 bits per heavy atom. The van der Waals surface area contributed by atoms with Crippen molar-refractivity contribution in [3.05, 3.63) is 87.4 Å². The van der Waals surface area contributed by atoms with Crippen LogP contribution in [0.2, 0.25) is 0 Å². The summed E-state index contributed by atoms with van der Waals surface area (Å²) in [5.74, 6) is -1.44. The number of aryl methyl sites for hydroxylation is 1. The van der Waals surface area contributed by atoms with Gasteiger partial charge in [0.1, 0.15) is 12.3 Å². The molecule has 180 valence electrons. The van der Waals surface area contributed by atoms with Gasteiger partial charge in [0.25, 0.3) is 5.91 Å². The Hall–Kier alpha value is -3.98. The molecule has 8 nitrogen and oxygen atoms in total. The number of thiazole rings is 1. The third-order valence-electron chi connectivity index (χ3n) is 5.65. The smallest absolute Gasteiger partial charge is 0.407 e. The highest BCUT2D eigenvalue weighted by Crippen LogP contribution is 2.44. The van der Waals surface area contributed by atoms with Crippen LogP contribution in [0.1, 0.15) is 37.4 Å². The molecule has 2 aromatic carbocycles. The number of benzene rings is 2. The van der Waals surface area contributed by atoms with Gasteiger partial charge in [0.05, 0.1) is 5.01 Å². The van der Waals surface area contributed by atoms with Gasteiger partial charge < -0.3 is 20.5 Å². The van der Waals surface area contributed by atoms with E-state index in [-0.39, 0.29) is 25.0 Å². The summed E-state index contributed by atoms with van der Waals surface area (Å²) in [6.07, 6.45) is 2.28. The van der Waals surface area contributed by atoms with E-state index in [0.717, 1.165) is 22.1 Å². The second-order valence-corrected chi connectivity index (χ2v) is 9.25. The van der Waals surface area contributed by atoms with Gasteiger partial charge in [-0.15, -0.1) is 11.3 Å². The van der Waals surface area contributed by atoms with E-state index in [1.807, 2.05) is 24.3 Å². The summed E-state index contributed by atoms with van der Waals surface area (Å²) in [5, 5.41) is 14.7. The quantitative estimate of drug-likeness (QED) is 0.391. The van der Waals surface area contributed by atoms with Gasteiger partial charge >= 0.3 is 12.1 Å². The Morgan fingerprint density at radius 3 is 2.37 bits per heavy atom. The summed E-state index contributed by atoms with van der Waals surface area (Å²) >= 11 is 1.38. The lowest BCUT2D eigenvalue weighted by atomic mass is 9.98. The number of carboxylic acid groups (broad SMARTS) is 1. The number of hydrogen-bond donors (Lipinski definition) is 3. The number of carbonyl (C=O) groups is 3. The standard InChI is InChI=1S/C26H25N3O5S/c1-16-24(25(32)27-13-6-11-23(30)31)29-22(35-16)12-14-28-26(33)34-15-21-19-9-4-2-7-17(19)18-8-3-5-10-20(18)21/h2-11,21H,12-15H2,1H3,(H,27,32)(H,28,33)(H,30,31)/b11-6+. The number of nitrogens with zero attached hydrogens (tertiary/aromatic N) is 1. The van der Waals surface area contributed by atoms with Gasteiger partial charge in [0.15, 0.2) is 0 Å². The Labute approximate surface area is 206 Å². The van der Waals surface area contributed by atoms with Gasteiger partial charge in [-0.1, -0.05) is 54.6 Å². The number of aromatic nitrogens is 1. The molecule has 4 rings (SSSR count). The summed E-state index contributed by atoms with van der Waals surface area (Å²) in [7, 11) is 0. The van der Waals surface area contributed by atoms with E-state index in [9.17, 15) is 14.4 Å². The fourth-order valence-corrected chi connectivity index (χ4v) is 5.01. The summed E-state index contributed by atoms with van der Waals surface area (Å²) in [4.78, 5) is 40.2. The van der Waals surface area contributed by atoms with Gasteiger partial charge in [-0.2, -0.15) is 0 Å². The van der Waals surface area contributed by atoms with Crippen LogP contribution < -0.4 is 10.6 Å². The zero-order valence-corrected chi connectivity index (χ0v) is 19.9. The Kier molecular flexibility index (Phi) is 7.57. The lowest BCUT2D eigenvalue weighted by Gasteiger charge is -2.14. The predicted molar refractivity (Wildman–Crippen MR) is 133 cm³/mol. The highest BCUT2D eigenvalue weighted by Gasteiger charge is 2.29. The van der Waals surface area contributed by atoms with Crippen LogP contribution in [0.5, 0.6) is 0 Å². The van der Waals surface area contributed by atoms with Crippen molar-refractivity contribution in [1.82, 2.24) is 15.6 Å². The number of nitrogens with one attached hydrogen (secondary N) is 2. The van der Waals surface area contributed by atoms with Crippen molar-refractivity contribution in [2.75, 3.05) is 19.7 Å². The molecule has 2 amide bonds. The van der Waals surface area contributed by atoms with Gasteiger partial charge in [-0.3, -0.25) is 4.79 Å². The first kappa shape index (κ1) is 24.2. The zero-order valence-electron chi connectivity index (χ0n) is 19.1. The molecule has 1 aliphatic rings. The maximum absolute atomic E-state index is 12.3. The second kappa shape index (κ2) is 11.0. The van der Waals surface area contributed by atoms with Crippen molar-refractivity contribution in [3.8, 4) is 11.1 Å².